The second-order valence-corrected chi connectivity index (χ2v) is 14.4. The summed E-state index contributed by atoms with van der Waals surface area (Å²) < 4.78 is 5.03. The van der Waals surface area contributed by atoms with Crippen molar-refractivity contribution in [2.45, 2.75) is 0 Å². The van der Waals surface area contributed by atoms with Crippen molar-refractivity contribution in [3.8, 4) is 39.9 Å². The number of nitrogens with zero attached hydrogens (tertiary/aromatic N) is 4. The highest BCUT2D eigenvalue weighted by Gasteiger charge is 2.18. The Morgan fingerprint density at radius 3 is 1.73 bits per heavy atom. The summed E-state index contributed by atoms with van der Waals surface area (Å²) in [6, 6.07) is 60.4. The summed E-state index contributed by atoms with van der Waals surface area (Å²) in [5.41, 5.74) is 6.29. The van der Waals surface area contributed by atoms with Crippen LogP contribution in [-0.4, -0.2) is 19.5 Å². The van der Waals surface area contributed by atoms with Crippen LogP contribution in [0, 0.1) is 0 Å². The molecule has 242 valence electrons. The van der Waals surface area contributed by atoms with E-state index in [1.807, 2.05) is 72.0 Å². The van der Waals surface area contributed by atoms with E-state index in [1.165, 1.54) is 52.6 Å². The summed E-state index contributed by atoms with van der Waals surface area (Å²) in [4.78, 5) is 15.1. The topological polar surface area (TPSA) is 43.6 Å². The van der Waals surface area contributed by atoms with Crippen molar-refractivity contribution in [3.63, 3.8) is 0 Å². The first-order valence-electron chi connectivity index (χ1n) is 17.4. The van der Waals surface area contributed by atoms with Crippen LogP contribution in [0.5, 0.6) is 0 Å². The maximum Gasteiger partial charge on any atom is 0.164 e. The van der Waals surface area contributed by atoms with Crippen molar-refractivity contribution < 1.29 is 0 Å². The van der Waals surface area contributed by atoms with Crippen LogP contribution in [0.2, 0.25) is 0 Å². The smallest absolute Gasteiger partial charge is 0.164 e. The molecule has 0 radical (unpaired) electrons. The molecule has 11 rings (SSSR count). The quantitative estimate of drug-likeness (QED) is 0.186. The van der Waals surface area contributed by atoms with Crippen molar-refractivity contribution >= 4 is 74.9 Å². The molecule has 0 unspecified atom stereocenters. The highest BCUT2D eigenvalue weighted by atomic mass is 32.1. The van der Waals surface area contributed by atoms with E-state index in [0.717, 1.165) is 33.3 Å². The van der Waals surface area contributed by atoms with Gasteiger partial charge >= 0.3 is 0 Å². The van der Waals surface area contributed by atoms with Gasteiger partial charge in [-0.15, -0.1) is 11.3 Å². The van der Waals surface area contributed by atoms with E-state index in [2.05, 4.69) is 114 Å². The molecular formula is C47H28N4S. The number of aromatic nitrogens is 4. The van der Waals surface area contributed by atoms with Crippen molar-refractivity contribution in [1.29, 1.82) is 0 Å². The normalized spacial score (nSPS) is 11.8. The minimum Gasteiger partial charge on any atom is -0.309 e. The molecular weight excluding hydrogens is 653 g/mol. The molecule has 0 saturated heterocycles. The van der Waals surface area contributed by atoms with Gasteiger partial charge in [-0.05, 0) is 82.2 Å². The number of hydrogen-bond acceptors (Lipinski definition) is 4. The van der Waals surface area contributed by atoms with Crippen molar-refractivity contribution in [3.05, 3.63) is 170 Å². The Morgan fingerprint density at radius 1 is 0.346 bits per heavy atom. The Labute approximate surface area is 302 Å². The molecule has 0 N–H and O–H groups in total. The summed E-state index contributed by atoms with van der Waals surface area (Å²) in [6.07, 6.45) is 0. The van der Waals surface area contributed by atoms with Crippen LogP contribution in [-0.2, 0) is 0 Å². The van der Waals surface area contributed by atoms with Crippen LogP contribution < -0.4 is 0 Å². The van der Waals surface area contributed by atoms with Crippen molar-refractivity contribution in [2.75, 3.05) is 0 Å². The van der Waals surface area contributed by atoms with Gasteiger partial charge in [0.05, 0.1) is 11.0 Å². The van der Waals surface area contributed by atoms with Crippen LogP contribution in [0.25, 0.3) is 103 Å². The van der Waals surface area contributed by atoms with E-state index in [1.54, 1.807) is 0 Å². The van der Waals surface area contributed by atoms with Crippen LogP contribution in [0.1, 0.15) is 0 Å². The van der Waals surface area contributed by atoms with Crippen LogP contribution in [0.15, 0.2) is 170 Å². The number of rotatable bonds is 4. The Kier molecular flexibility index (Phi) is 6.39. The molecule has 0 atom stereocenters. The van der Waals surface area contributed by atoms with Gasteiger partial charge in [-0.3, -0.25) is 0 Å². The van der Waals surface area contributed by atoms with E-state index in [9.17, 15) is 0 Å². The molecule has 0 amide bonds. The minimum absolute atomic E-state index is 0.647. The lowest BCUT2D eigenvalue weighted by Gasteiger charge is -2.11. The molecule has 0 aliphatic rings. The zero-order valence-corrected chi connectivity index (χ0v) is 28.7. The summed E-state index contributed by atoms with van der Waals surface area (Å²) in [6.45, 7) is 0. The van der Waals surface area contributed by atoms with Gasteiger partial charge in [0.15, 0.2) is 17.5 Å². The summed E-state index contributed by atoms with van der Waals surface area (Å²) in [5.74, 6) is 1.96. The van der Waals surface area contributed by atoms with Gasteiger partial charge < -0.3 is 4.57 Å². The van der Waals surface area contributed by atoms with E-state index in [-0.39, 0.29) is 0 Å². The van der Waals surface area contributed by atoms with Crippen LogP contribution in [0.4, 0.5) is 0 Å². The zero-order chi connectivity index (χ0) is 34.2. The highest BCUT2D eigenvalue weighted by Crippen LogP contribution is 2.41. The third-order valence-electron chi connectivity index (χ3n) is 10.2. The fraction of sp³-hybridized carbons (Fsp3) is 0. The van der Waals surface area contributed by atoms with E-state index < -0.39 is 0 Å². The molecule has 11 aromatic rings. The van der Waals surface area contributed by atoms with Gasteiger partial charge in [0, 0.05) is 53.3 Å². The lowest BCUT2D eigenvalue weighted by molar-refractivity contribution is 1.07. The molecule has 8 aromatic carbocycles. The molecule has 0 bridgehead atoms. The molecule has 5 heteroatoms. The molecule has 0 spiro atoms. The van der Waals surface area contributed by atoms with E-state index in [4.69, 9.17) is 15.0 Å². The first-order valence-corrected chi connectivity index (χ1v) is 18.2. The lowest BCUT2D eigenvalue weighted by Crippen LogP contribution is -2.00. The van der Waals surface area contributed by atoms with Gasteiger partial charge in [0.1, 0.15) is 0 Å². The number of thiophene rings is 1. The van der Waals surface area contributed by atoms with Crippen LogP contribution in [0.3, 0.4) is 0 Å². The largest absolute Gasteiger partial charge is 0.309 e. The average Bonchev–Trinajstić information content (AvgIpc) is 3.73. The lowest BCUT2D eigenvalue weighted by atomic mass is 10.0. The number of benzene rings is 8. The number of fused-ring (bicyclic) bond motifs is 8. The maximum atomic E-state index is 5.06. The van der Waals surface area contributed by atoms with Gasteiger partial charge in [-0.2, -0.15) is 0 Å². The first kappa shape index (κ1) is 29.1. The molecule has 3 aromatic heterocycles. The fourth-order valence-electron chi connectivity index (χ4n) is 7.66. The molecule has 52 heavy (non-hydrogen) atoms. The summed E-state index contributed by atoms with van der Waals surface area (Å²) >= 11 is 1.86. The number of hydrogen-bond donors (Lipinski definition) is 0. The van der Waals surface area contributed by atoms with Gasteiger partial charge in [-0.1, -0.05) is 109 Å². The molecule has 0 fully saturated rings. The van der Waals surface area contributed by atoms with Crippen molar-refractivity contribution in [2.24, 2.45) is 0 Å². The standard InChI is InChI=1S/C47H28N4S/c1-3-12-30(13-4-1)45-48-46(31-14-5-2-6-15-31)50-47(49-45)33-20-22-41-38(24-33)39-25-35-28-44-40(37-17-9-10-18-43(37)52-44)26-34(35)27-42(39)51(41)36-21-19-29-11-7-8-16-32(29)23-36/h1-28H. The van der Waals surface area contributed by atoms with Gasteiger partial charge in [0.25, 0.3) is 0 Å². The average molecular weight is 681 g/mol. The molecule has 0 aliphatic heterocycles. The third kappa shape index (κ3) is 4.64. The Bertz CT molecular complexity index is 3120. The molecule has 0 aliphatic carbocycles. The second-order valence-electron chi connectivity index (χ2n) is 13.3. The maximum absolute atomic E-state index is 5.06. The predicted octanol–water partition coefficient (Wildman–Crippen LogP) is 12.6. The zero-order valence-electron chi connectivity index (χ0n) is 27.9. The molecule has 4 nitrogen and oxygen atoms in total. The van der Waals surface area contributed by atoms with Crippen molar-refractivity contribution in [1.82, 2.24) is 19.5 Å². The fourth-order valence-corrected chi connectivity index (χ4v) is 8.79. The highest BCUT2D eigenvalue weighted by molar-refractivity contribution is 7.25. The minimum atomic E-state index is 0.647. The predicted molar refractivity (Wildman–Crippen MR) is 218 cm³/mol. The van der Waals surface area contributed by atoms with E-state index >= 15 is 0 Å². The third-order valence-corrected chi connectivity index (χ3v) is 11.3. The first-order chi connectivity index (χ1) is 25.7. The van der Waals surface area contributed by atoms with E-state index in [0.29, 0.717) is 17.5 Å². The molecule has 0 saturated carbocycles. The summed E-state index contributed by atoms with van der Waals surface area (Å²) in [7, 11) is 0. The van der Waals surface area contributed by atoms with Crippen LogP contribution >= 0.6 is 11.3 Å². The summed E-state index contributed by atoms with van der Waals surface area (Å²) in [5, 5.41) is 9.86. The monoisotopic (exact) mass is 680 g/mol. The van der Waals surface area contributed by atoms with Gasteiger partial charge in [-0.25, -0.2) is 15.0 Å². The SMILES string of the molecule is c1ccc(-c2nc(-c3ccccc3)nc(-c3ccc4c(c3)c3cc5cc6sc7ccccc7c6cc5cc3n4-c3ccc4ccccc4c3)n2)cc1. The Hall–Kier alpha value is -6.69. The molecule has 3 heterocycles. The second kappa shape index (κ2) is 11.4. The Morgan fingerprint density at radius 2 is 0.962 bits per heavy atom. The van der Waals surface area contributed by atoms with Gasteiger partial charge in [0.2, 0.25) is 0 Å². The Balaban J connectivity index is 1.19.